The van der Waals surface area contributed by atoms with E-state index in [-0.39, 0.29) is 17.9 Å². The molecule has 0 unspecified atom stereocenters. The lowest BCUT2D eigenvalue weighted by Gasteiger charge is -2.27. The highest BCUT2D eigenvalue weighted by atomic mass is 35.5. The molecule has 1 saturated carbocycles. The summed E-state index contributed by atoms with van der Waals surface area (Å²) in [4.78, 5) is 23.5. The molecule has 2 rings (SSSR count). The normalized spacial score (nSPS) is 22.0. The van der Waals surface area contributed by atoms with Crippen molar-refractivity contribution in [1.29, 1.82) is 0 Å². The van der Waals surface area contributed by atoms with Crippen molar-refractivity contribution in [3.05, 3.63) is 34.9 Å². The zero-order valence-corrected chi connectivity index (χ0v) is 13.0. The van der Waals surface area contributed by atoms with Crippen LogP contribution < -0.4 is 5.32 Å². The second kappa shape index (κ2) is 6.06. The number of hydrogen-bond acceptors (Lipinski definition) is 2. The summed E-state index contributed by atoms with van der Waals surface area (Å²) in [6.45, 7) is 3.65. The van der Waals surface area contributed by atoms with Crippen LogP contribution in [0.25, 0.3) is 0 Å². The summed E-state index contributed by atoms with van der Waals surface area (Å²) in [5.41, 5.74) is 0.0246. The Morgan fingerprint density at radius 1 is 1.29 bits per heavy atom. The van der Waals surface area contributed by atoms with E-state index < -0.39 is 11.4 Å². The van der Waals surface area contributed by atoms with Crippen LogP contribution in [-0.4, -0.2) is 23.0 Å². The van der Waals surface area contributed by atoms with Crippen LogP contribution in [0.2, 0.25) is 5.02 Å². The van der Waals surface area contributed by atoms with Crippen molar-refractivity contribution in [3.8, 4) is 0 Å². The Morgan fingerprint density at radius 2 is 1.95 bits per heavy atom. The lowest BCUT2D eigenvalue weighted by molar-refractivity contribution is -0.141. The summed E-state index contributed by atoms with van der Waals surface area (Å²) in [7, 11) is 0. The largest absolute Gasteiger partial charge is 0.481 e. The quantitative estimate of drug-likeness (QED) is 0.898. The predicted octanol–water partition coefficient (Wildman–Crippen LogP) is 2.99. The maximum atomic E-state index is 12.5. The monoisotopic (exact) mass is 309 g/mol. The first-order valence-corrected chi connectivity index (χ1v) is 7.49. The summed E-state index contributed by atoms with van der Waals surface area (Å²) in [6.07, 6.45) is 1.83. The van der Waals surface area contributed by atoms with E-state index in [9.17, 15) is 9.59 Å². The molecule has 2 N–H and O–H groups in total. The lowest BCUT2D eigenvalue weighted by atomic mass is 9.83. The van der Waals surface area contributed by atoms with Crippen molar-refractivity contribution in [2.75, 3.05) is 0 Å². The minimum Gasteiger partial charge on any atom is -0.481 e. The van der Waals surface area contributed by atoms with E-state index in [2.05, 4.69) is 5.32 Å². The molecular weight excluding hydrogens is 290 g/mol. The van der Waals surface area contributed by atoms with Gasteiger partial charge in [-0.25, -0.2) is 0 Å². The number of carbonyl (C=O) groups excluding carboxylic acids is 1. The number of nitrogens with one attached hydrogen (secondary N) is 1. The molecule has 0 aliphatic heterocycles. The SMILES string of the molecule is CC(C)(C(=O)N[C@H]1CC[C@@H](C(=O)O)C1)c1ccccc1Cl. The van der Waals surface area contributed by atoms with Crippen LogP contribution in [-0.2, 0) is 15.0 Å². The van der Waals surface area contributed by atoms with E-state index in [1.165, 1.54) is 0 Å². The van der Waals surface area contributed by atoms with Crippen molar-refractivity contribution in [3.63, 3.8) is 0 Å². The van der Waals surface area contributed by atoms with Crippen molar-refractivity contribution >= 4 is 23.5 Å². The van der Waals surface area contributed by atoms with Gasteiger partial charge in [0.25, 0.3) is 0 Å². The third-order valence-corrected chi connectivity index (χ3v) is 4.56. The second-order valence-electron chi connectivity index (χ2n) is 6.12. The van der Waals surface area contributed by atoms with Crippen LogP contribution in [0.15, 0.2) is 24.3 Å². The Hall–Kier alpha value is -1.55. The molecule has 0 bridgehead atoms. The first-order chi connectivity index (χ1) is 9.82. The third kappa shape index (κ3) is 3.38. The number of amides is 1. The van der Waals surface area contributed by atoms with E-state index >= 15 is 0 Å². The standard InChI is InChI=1S/C16H20ClNO3/c1-16(2,12-5-3-4-6-13(12)17)15(21)18-11-8-7-10(9-11)14(19)20/h3-6,10-11H,7-9H2,1-2H3,(H,18,21)(H,19,20)/t10-,11+/m1/s1. The van der Waals surface area contributed by atoms with E-state index in [4.69, 9.17) is 16.7 Å². The molecule has 21 heavy (non-hydrogen) atoms. The molecule has 1 aliphatic rings. The van der Waals surface area contributed by atoms with Gasteiger partial charge in [0.2, 0.25) is 5.91 Å². The first kappa shape index (κ1) is 15.8. The third-order valence-electron chi connectivity index (χ3n) is 4.23. The van der Waals surface area contributed by atoms with Gasteiger partial charge in [-0.2, -0.15) is 0 Å². The molecule has 1 aliphatic carbocycles. The van der Waals surface area contributed by atoms with Gasteiger partial charge in [-0.05, 0) is 44.7 Å². The van der Waals surface area contributed by atoms with Crippen LogP contribution in [0, 0.1) is 5.92 Å². The summed E-state index contributed by atoms with van der Waals surface area (Å²) >= 11 is 6.18. The van der Waals surface area contributed by atoms with Crippen LogP contribution in [0.4, 0.5) is 0 Å². The summed E-state index contributed by atoms with van der Waals surface area (Å²) in [5.74, 6) is -1.25. The topological polar surface area (TPSA) is 66.4 Å². The molecule has 1 aromatic carbocycles. The zero-order valence-electron chi connectivity index (χ0n) is 12.2. The average molecular weight is 310 g/mol. The van der Waals surface area contributed by atoms with Gasteiger partial charge in [0, 0.05) is 11.1 Å². The molecule has 2 atom stereocenters. The highest BCUT2D eigenvalue weighted by Crippen LogP contribution is 2.31. The summed E-state index contributed by atoms with van der Waals surface area (Å²) in [6, 6.07) is 7.22. The minimum atomic E-state index is -0.780. The van der Waals surface area contributed by atoms with Gasteiger partial charge >= 0.3 is 5.97 Å². The smallest absolute Gasteiger partial charge is 0.306 e. The molecule has 0 heterocycles. The van der Waals surface area contributed by atoms with Crippen molar-refractivity contribution < 1.29 is 14.7 Å². The number of carboxylic acids is 1. The van der Waals surface area contributed by atoms with Gasteiger partial charge in [0.05, 0.1) is 11.3 Å². The fourth-order valence-electron chi connectivity index (χ4n) is 2.79. The molecule has 4 nitrogen and oxygen atoms in total. The van der Waals surface area contributed by atoms with Crippen molar-refractivity contribution in [2.45, 2.75) is 44.6 Å². The number of hydrogen-bond donors (Lipinski definition) is 2. The molecule has 114 valence electrons. The molecule has 1 amide bonds. The Morgan fingerprint density at radius 3 is 2.52 bits per heavy atom. The molecule has 0 aromatic heterocycles. The zero-order chi connectivity index (χ0) is 15.6. The Balaban J connectivity index is 2.06. The number of halogens is 1. The molecule has 1 aromatic rings. The average Bonchev–Trinajstić information content (AvgIpc) is 2.87. The molecular formula is C16H20ClNO3. The number of rotatable bonds is 4. The minimum absolute atomic E-state index is 0.0691. The first-order valence-electron chi connectivity index (χ1n) is 7.11. The number of carbonyl (C=O) groups is 2. The van der Waals surface area contributed by atoms with Crippen LogP contribution in [0.3, 0.4) is 0 Å². The predicted molar refractivity (Wildman–Crippen MR) is 81.4 cm³/mol. The number of carboxylic acid groups (broad SMARTS) is 1. The van der Waals surface area contributed by atoms with Crippen LogP contribution >= 0.6 is 11.6 Å². The van der Waals surface area contributed by atoms with Crippen molar-refractivity contribution in [1.82, 2.24) is 5.32 Å². The fourth-order valence-corrected chi connectivity index (χ4v) is 3.17. The molecule has 1 fully saturated rings. The Labute approximate surface area is 129 Å². The Bertz CT molecular complexity index is 556. The number of aliphatic carboxylic acids is 1. The maximum Gasteiger partial charge on any atom is 0.306 e. The van der Waals surface area contributed by atoms with E-state index in [0.717, 1.165) is 5.56 Å². The molecule has 0 radical (unpaired) electrons. The van der Waals surface area contributed by atoms with Gasteiger partial charge in [0.1, 0.15) is 0 Å². The van der Waals surface area contributed by atoms with Crippen LogP contribution in [0.5, 0.6) is 0 Å². The molecule has 0 spiro atoms. The second-order valence-corrected chi connectivity index (χ2v) is 6.53. The van der Waals surface area contributed by atoms with E-state index in [1.807, 2.05) is 32.0 Å². The summed E-state index contributed by atoms with van der Waals surface area (Å²) < 4.78 is 0. The van der Waals surface area contributed by atoms with E-state index in [1.54, 1.807) is 6.07 Å². The highest BCUT2D eigenvalue weighted by Gasteiger charge is 2.36. The molecule has 0 saturated heterocycles. The lowest BCUT2D eigenvalue weighted by Crippen LogP contribution is -2.44. The van der Waals surface area contributed by atoms with Gasteiger partial charge < -0.3 is 10.4 Å². The number of benzene rings is 1. The van der Waals surface area contributed by atoms with Gasteiger partial charge in [-0.15, -0.1) is 0 Å². The van der Waals surface area contributed by atoms with Crippen LogP contribution in [0.1, 0.15) is 38.7 Å². The maximum absolute atomic E-state index is 12.5. The fraction of sp³-hybridized carbons (Fsp3) is 0.500. The van der Waals surface area contributed by atoms with Crippen molar-refractivity contribution in [2.24, 2.45) is 5.92 Å². The summed E-state index contributed by atoms with van der Waals surface area (Å²) in [5, 5.41) is 12.5. The van der Waals surface area contributed by atoms with Gasteiger partial charge in [-0.1, -0.05) is 29.8 Å². The molecule has 5 heteroatoms. The Kier molecular flexibility index (Phi) is 4.57. The highest BCUT2D eigenvalue weighted by molar-refractivity contribution is 6.31. The van der Waals surface area contributed by atoms with Gasteiger partial charge in [0.15, 0.2) is 0 Å². The van der Waals surface area contributed by atoms with E-state index in [0.29, 0.717) is 24.3 Å². The van der Waals surface area contributed by atoms with Gasteiger partial charge in [-0.3, -0.25) is 9.59 Å².